The van der Waals surface area contributed by atoms with Gasteiger partial charge in [-0.15, -0.1) is 11.8 Å². The fraction of sp³-hybridized carbons (Fsp3) is 0.500. The molecule has 2 rings (SSSR count). The van der Waals surface area contributed by atoms with Crippen molar-refractivity contribution in [1.82, 2.24) is 9.88 Å². The Bertz CT molecular complexity index is 521. The third kappa shape index (κ3) is 3.07. The van der Waals surface area contributed by atoms with Crippen LogP contribution in [0.3, 0.4) is 0 Å². The third-order valence-electron chi connectivity index (χ3n) is 3.65. The Hall–Kier alpha value is -1.56. The monoisotopic (exact) mass is 272 g/mol. The zero-order valence-electron chi connectivity index (χ0n) is 11.0. The van der Waals surface area contributed by atoms with Crippen LogP contribution >= 0.6 is 11.8 Å². The van der Waals surface area contributed by atoms with Gasteiger partial charge < -0.3 is 0 Å². The molecule has 0 unspecified atom stereocenters. The molecule has 0 spiro atoms. The molecule has 1 aromatic heterocycles. The molecule has 0 aromatic carbocycles. The van der Waals surface area contributed by atoms with Crippen molar-refractivity contribution in [3.05, 3.63) is 29.6 Å². The molecule has 5 heteroatoms. The summed E-state index contributed by atoms with van der Waals surface area (Å²) >= 11 is 1.66. The van der Waals surface area contributed by atoms with Gasteiger partial charge in [0.2, 0.25) is 0 Å². The zero-order valence-corrected chi connectivity index (χ0v) is 11.8. The van der Waals surface area contributed by atoms with Gasteiger partial charge in [-0.25, -0.2) is 4.98 Å². The number of hydrogen-bond acceptors (Lipinski definition) is 5. The Balaban J connectivity index is 2.00. The SMILES string of the molecule is CSC1(C#N)CCN(Cc2cccnc2C#N)CC1. The number of rotatable bonds is 3. The molecule has 1 fully saturated rings. The van der Waals surface area contributed by atoms with Gasteiger partial charge in [-0.05, 0) is 25.2 Å². The van der Waals surface area contributed by atoms with E-state index in [-0.39, 0.29) is 4.75 Å². The largest absolute Gasteiger partial charge is 0.299 e. The summed E-state index contributed by atoms with van der Waals surface area (Å²) in [4.78, 5) is 6.37. The highest BCUT2D eigenvalue weighted by atomic mass is 32.2. The van der Waals surface area contributed by atoms with E-state index in [4.69, 9.17) is 5.26 Å². The molecule has 19 heavy (non-hydrogen) atoms. The maximum atomic E-state index is 9.26. The molecule has 0 N–H and O–H groups in total. The van der Waals surface area contributed by atoms with E-state index in [1.54, 1.807) is 18.0 Å². The smallest absolute Gasteiger partial charge is 0.144 e. The molecule has 1 aliphatic rings. The minimum Gasteiger partial charge on any atom is -0.299 e. The van der Waals surface area contributed by atoms with Crippen LogP contribution in [0, 0.1) is 22.7 Å². The van der Waals surface area contributed by atoms with Crippen molar-refractivity contribution in [3.8, 4) is 12.1 Å². The Kier molecular flexibility index (Phi) is 4.42. The van der Waals surface area contributed by atoms with Gasteiger partial charge in [-0.1, -0.05) is 6.07 Å². The highest BCUT2D eigenvalue weighted by Crippen LogP contribution is 2.34. The molecule has 0 atom stereocenters. The third-order valence-corrected chi connectivity index (χ3v) is 4.93. The summed E-state index contributed by atoms with van der Waals surface area (Å²) in [6.07, 6.45) is 5.42. The van der Waals surface area contributed by atoms with Crippen LogP contribution in [0.1, 0.15) is 24.1 Å². The number of thioether (sulfide) groups is 1. The lowest BCUT2D eigenvalue weighted by Gasteiger charge is -2.36. The summed E-state index contributed by atoms with van der Waals surface area (Å²) in [5.74, 6) is 0. The molecule has 98 valence electrons. The van der Waals surface area contributed by atoms with Crippen molar-refractivity contribution in [3.63, 3.8) is 0 Å². The molecule has 0 saturated carbocycles. The van der Waals surface area contributed by atoms with E-state index in [0.717, 1.165) is 38.0 Å². The first-order valence-corrected chi connectivity index (χ1v) is 7.48. The minimum atomic E-state index is -0.219. The number of hydrogen-bond donors (Lipinski definition) is 0. The molecular weight excluding hydrogens is 256 g/mol. The standard InChI is InChI=1S/C14H16N4S/c1-19-14(11-16)4-7-18(8-5-14)10-12-3-2-6-17-13(12)9-15/h2-3,6H,4-5,7-8,10H2,1H3. The minimum absolute atomic E-state index is 0.219. The van der Waals surface area contributed by atoms with Crippen LogP contribution in [-0.2, 0) is 6.54 Å². The Morgan fingerprint density at radius 1 is 1.42 bits per heavy atom. The quantitative estimate of drug-likeness (QED) is 0.844. The van der Waals surface area contributed by atoms with Crippen molar-refractivity contribution in [1.29, 1.82) is 10.5 Å². The number of nitrogens with zero attached hydrogens (tertiary/aromatic N) is 4. The molecule has 1 saturated heterocycles. The summed E-state index contributed by atoms with van der Waals surface area (Å²) < 4.78 is -0.219. The molecule has 1 aliphatic heterocycles. The van der Waals surface area contributed by atoms with E-state index in [0.29, 0.717) is 5.69 Å². The summed E-state index contributed by atoms with van der Waals surface area (Å²) in [7, 11) is 0. The predicted molar refractivity (Wildman–Crippen MR) is 75.3 cm³/mol. The number of pyridine rings is 1. The number of nitriles is 2. The molecular formula is C14H16N4S. The summed E-state index contributed by atoms with van der Waals surface area (Å²) in [6.45, 7) is 2.54. The fourth-order valence-electron chi connectivity index (χ4n) is 2.34. The van der Waals surface area contributed by atoms with Gasteiger partial charge in [0.1, 0.15) is 16.5 Å². The van der Waals surface area contributed by atoms with Gasteiger partial charge >= 0.3 is 0 Å². The van der Waals surface area contributed by atoms with Gasteiger partial charge in [0.15, 0.2) is 0 Å². The van der Waals surface area contributed by atoms with Crippen LogP contribution in [0.4, 0.5) is 0 Å². The molecule has 0 aliphatic carbocycles. The van der Waals surface area contributed by atoms with Crippen molar-refractivity contribution < 1.29 is 0 Å². The van der Waals surface area contributed by atoms with E-state index in [1.165, 1.54) is 0 Å². The molecule has 0 amide bonds. The molecule has 0 bridgehead atoms. The zero-order chi connectivity index (χ0) is 13.7. The van der Waals surface area contributed by atoms with E-state index in [2.05, 4.69) is 22.0 Å². The maximum absolute atomic E-state index is 9.26. The van der Waals surface area contributed by atoms with Gasteiger partial charge in [0, 0.05) is 31.4 Å². The van der Waals surface area contributed by atoms with Crippen molar-refractivity contribution in [2.45, 2.75) is 24.1 Å². The second kappa shape index (κ2) is 6.06. The first-order chi connectivity index (χ1) is 9.23. The van der Waals surface area contributed by atoms with Crippen LogP contribution in [-0.4, -0.2) is 34.0 Å². The average molecular weight is 272 g/mol. The van der Waals surface area contributed by atoms with Crippen LogP contribution in [0.5, 0.6) is 0 Å². The van der Waals surface area contributed by atoms with Crippen LogP contribution in [0.2, 0.25) is 0 Å². The first kappa shape index (κ1) is 13.9. The summed E-state index contributed by atoms with van der Waals surface area (Å²) in [5, 5.41) is 18.3. The predicted octanol–water partition coefficient (Wildman–Crippen LogP) is 2.17. The lowest BCUT2D eigenvalue weighted by Crippen LogP contribution is -2.41. The lowest BCUT2D eigenvalue weighted by atomic mass is 9.97. The van der Waals surface area contributed by atoms with Gasteiger partial charge in [-0.3, -0.25) is 4.90 Å². The Morgan fingerprint density at radius 3 is 2.74 bits per heavy atom. The van der Waals surface area contributed by atoms with Crippen LogP contribution in [0.25, 0.3) is 0 Å². The van der Waals surface area contributed by atoms with E-state index < -0.39 is 0 Å². The van der Waals surface area contributed by atoms with E-state index in [1.807, 2.05) is 18.4 Å². The molecule has 1 aromatic rings. The highest BCUT2D eigenvalue weighted by Gasteiger charge is 2.33. The average Bonchev–Trinajstić information content (AvgIpc) is 2.49. The summed E-state index contributed by atoms with van der Waals surface area (Å²) in [5.41, 5.74) is 1.48. The molecule has 0 radical (unpaired) electrons. The van der Waals surface area contributed by atoms with Crippen molar-refractivity contribution in [2.24, 2.45) is 0 Å². The van der Waals surface area contributed by atoms with Gasteiger partial charge in [0.05, 0.1) is 6.07 Å². The van der Waals surface area contributed by atoms with Crippen LogP contribution in [0.15, 0.2) is 18.3 Å². The van der Waals surface area contributed by atoms with Crippen molar-refractivity contribution in [2.75, 3.05) is 19.3 Å². The number of piperidine rings is 1. The topological polar surface area (TPSA) is 63.7 Å². The Morgan fingerprint density at radius 2 is 2.16 bits per heavy atom. The normalized spacial score (nSPS) is 18.5. The molecule has 4 nitrogen and oxygen atoms in total. The van der Waals surface area contributed by atoms with Crippen molar-refractivity contribution >= 4 is 11.8 Å². The van der Waals surface area contributed by atoms with Gasteiger partial charge in [0.25, 0.3) is 0 Å². The van der Waals surface area contributed by atoms with E-state index in [9.17, 15) is 5.26 Å². The lowest BCUT2D eigenvalue weighted by molar-refractivity contribution is 0.209. The maximum Gasteiger partial charge on any atom is 0.144 e. The fourth-order valence-corrected chi connectivity index (χ4v) is 3.02. The van der Waals surface area contributed by atoms with Gasteiger partial charge in [-0.2, -0.15) is 10.5 Å². The first-order valence-electron chi connectivity index (χ1n) is 6.26. The van der Waals surface area contributed by atoms with Crippen LogP contribution < -0.4 is 0 Å². The second-order valence-electron chi connectivity index (χ2n) is 4.71. The second-order valence-corrected chi connectivity index (χ2v) is 5.90. The highest BCUT2D eigenvalue weighted by molar-refractivity contribution is 8.00. The summed E-state index contributed by atoms with van der Waals surface area (Å²) in [6, 6.07) is 8.39. The number of likely N-dealkylation sites (tertiary alicyclic amines) is 1. The Labute approximate surface area is 118 Å². The number of aromatic nitrogens is 1. The van der Waals surface area contributed by atoms with E-state index >= 15 is 0 Å². The molecule has 2 heterocycles.